The highest BCUT2D eigenvalue weighted by atomic mass is 16.6. The van der Waals surface area contributed by atoms with Crippen molar-refractivity contribution in [3.8, 4) is 0 Å². The number of rotatable bonds is 5. The van der Waals surface area contributed by atoms with E-state index in [-0.39, 0.29) is 5.70 Å². The number of hydrogen-bond donors (Lipinski definition) is 1. The molecular formula is C16H15N3O2. The Balaban J connectivity index is 2.12. The third-order valence-corrected chi connectivity index (χ3v) is 2.75. The fourth-order valence-corrected chi connectivity index (χ4v) is 1.60. The summed E-state index contributed by atoms with van der Waals surface area (Å²) in [4.78, 5) is 14.6. The molecule has 0 aliphatic rings. The van der Waals surface area contributed by atoms with Crippen molar-refractivity contribution in [2.24, 2.45) is 4.99 Å². The summed E-state index contributed by atoms with van der Waals surface area (Å²) in [6, 6.07) is 16.7. The maximum absolute atomic E-state index is 11.0. The van der Waals surface area contributed by atoms with Crippen LogP contribution in [0.3, 0.4) is 0 Å². The Bertz CT molecular complexity index is 662. The molecule has 0 fully saturated rings. The van der Waals surface area contributed by atoms with Crippen LogP contribution in [0, 0.1) is 17.0 Å². The molecule has 2 aromatic rings. The van der Waals surface area contributed by atoms with E-state index in [1.807, 2.05) is 61.5 Å². The van der Waals surface area contributed by atoms with Crippen molar-refractivity contribution < 1.29 is 4.92 Å². The maximum atomic E-state index is 11.0. The van der Waals surface area contributed by atoms with Gasteiger partial charge in [-0.05, 0) is 31.2 Å². The number of nitrogens with one attached hydrogen (secondary N) is 1. The minimum absolute atomic E-state index is 0.112. The van der Waals surface area contributed by atoms with Crippen molar-refractivity contribution in [1.29, 1.82) is 0 Å². The second-order valence-corrected chi connectivity index (χ2v) is 4.43. The van der Waals surface area contributed by atoms with Crippen LogP contribution in [-0.2, 0) is 0 Å². The van der Waals surface area contributed by atoms with E-state index in [9.17, 15) is 10.1 Å². The first kappa shape index (κ1) is 14.5. The topological polar surface area (TPSA) is 67.5 Å². The molecule has 0 saturated heterocycles. The number of para-hydroxylation sites is 1. The van der Waals surface area contributed by atoms with Gasteiger partial charge in [-0.15, -0.1) is 0 Å². The van der Waals surface area contributed by atoms with Gasteiger partial charge in [-0.3, -0.25) is 10.1 Å². The number of benzene rings is 2. The van der Waals surface area contributed by atoms with Crippen LogP contribution in [0.4, 0.5) is 11.4 Å². The molecule has 21 heavy (non-hydrogen) atoms. The van der Waals surface area contributed by atoms with Crippen LogP contribution in [0.25, 0.3) is 0 Å². The smallest absolute Gasteiger partial charge is 0.303 e. The van der Waals surface area contributed by atoms with Crippen molar-refractivity contribution in [2.75, 3.05) is 5.32 Å². The Labute approximate surface area is 122 Å². The standard InChI is InChI=1S/C16H15N3O2/c1-13-7-9-15(10-8-13)18-12-16(19(20)21)11-17-14-5-3-2-4-6-14/h2-12,17H,1H3/b16-11-,18-12?. The predicted molar refractivity (Wildman–Crippen MR) is 84.5 cm³/mol. The van der Waals surface area contributed by atoms with Crippen molar-refractivity contribution in [1.82, 2.24) is 0 Å². The van der Waals surface area contributed by atoms with Gasteiger partial charge in [0.2, 0.25) is 0 Å². The highest BCUT2D eigenvalue weighted by Crippen LogP contribution is 2.12. The molecule has 5 nitrogen and oxygen atoms in total. The third-order valence-electron chi connectivity index (χ3n) is 2.75. The average molecular weight is 281 g/mol. The predicted octanol–water partition coefficient (Wildman–Crippen LogP) is 3.93. The summed E-state index contributed by atoms with van der Waals surface area (Å²) in [6.07, 6.45) is 2.56. The number of hydrogen-bond acceptors (Lipinski definition) is 4. The van der Waals surface area contributed by atoms with Gasteiger partial charge in [0.25, 0.3) is 0 Å². The van der Waals surface area contributed by atoms with Gasteiger partial charge in [0.05, 0.1) is 16.8 Å². The van der Waals surface area contributed by atoms with Crippen LogP contribution in [0.1, 0.15) is 5.56 Å². The number of allylic oxidation sites excluding steroid dienone is 1. The number of anilines is 1. The molecule has 0 atom stereocenters. The fraction of sp³-hybridized carbons (Fsp3) is 0.0625. The molecule has 1 N–H and O–H groups in total. The van der Waals surface area contributed by atoms with Crippen LogP contribution in [0.2, 0.25) is 0 Å². The Kier molecular flexibility index (Phi) is 4.82. The zero-order chi connectivity index (χ0) is 15.1. The quantitative estimate of drug-likeness (QED) is 0.513. The molecule has 5 heteroatoms. The van der Waals surface area contributed by atoms with E-state index in [4.69, 9.17) is 0 Å². The first-order valence-corrected chi connectivity index (χ1v) is 6.42. The summed E-state index contributed by atoms with van der Waals surface area (Å²) in [5.41, 5.74) is 2.46. The Hall–Kier alpha value is -2.95. The van der Waals surface area contributed by atoms with Crippen LogP contribution < -0.4 is 5.32 Å². The lowest BCUT2D eigenvalue weighted by atomic mass is 10.2. The lowest BCUT2D eigenvalue weighted by molar-refractivity contribution is -0.414. The molecule has 106 valence electrons. The summed E-state index contributed by atoms with van der Waals surface area (Å²) in [6.45, 7) is 1.97. The van der Waals surface area contributed by atoms with E-state index in [0.29, 0.717) is 5.69 Å². The van der Waals surface area contributed by atoms with Gasteiger partial charge in [-0.2, -0.15) is 0 Å². The Morgan fingerprint density at radius 2 is 1.81 bits per heavy atom. The number of nitro groups is 1. The van der Waals surface area contributed by atoms with Crippen LogP contribution in [-0.4, -0.2) is 11.1 Å². The minimum Gasteiger partial charge on any atom is -0.356 e. The van der Waals surface area contributed by atoms with Gasteiger partial charge in [0.1, 0.15) is 6.21 Å². The second-order valence-electron chi connectivity index (χ2n) is 4.43. The van der Waals surface area contributed by atoms with E-state index < -0.39 is 4.92 Å². The summed E-state index contributed by atoms with van der Waals surface area (Å²) in [5.74, 6) is 0. The molecule has 0 aromatic heterocycles. The highest BCUT2D eigenvalue weighted by molar-refractivity contribution is 5.78. The number of aryl methyl sites for hydroxylation is 1. The van der Waals surface area contributed by atoms with Crippen LogP contribution in [0.5, 0.6) is 0 Å². The van der Waals surface area contributed by atoms with Crippen molar-refractivity contribution in [2.45, 2.75) is 6.92 Å². The third kappa shape index (κ3) is 4.58. The molecular weight excluding hydrogens is 266 g/mol. The molecule has 0 saturated carbocycles. The van der Waals surface area contributed by atoms with Crippen molar-refractivity contribution in [3.05, 3.63) is 82.2 Å². The van der Waals surface area contributed by atoms with Gasteiger partial charge >= 0.3 is 5.70 Å². The summed E-state index contributed by atoms with van der Waals surface area (Å²) in [7, 11) is 0. The van der Waals surface area contributed by atoms with Gasteiger partial charge in [-0.1, -0.05) is 35.9 Å². The molecule has 0 aliphatic carbocycles. The number of nitrogens with zero attached hydrogens (tertiary/aromatic N) is 2. The summed E-state index contributed by atoms with van der Waals surface area (Å²) in [5, 5.41) is 13.9. The van der Waals surface area contributed by atoms with Gasteiger partial charge in [-0.25, -0.2) is 4.99 Å². The normalized spacial score (nSPS) is 11.6. The number of aliphatic imine (C=N–C) groups is 1. The van der Waals surface area contributed by atoms with E-state index in [0.717, 1.165) is 11.3 Å². The van der Waals surface area contributed by atoms with Crippen LogP contribution >= 0.6 is 0 Å². The molecule has 0 aliphatic heterocycles. The largest absolute Gasteiger partial charge is 0.356 e. The SMILES string of the molecule is Cc1ccc(N=C/C(=C/Nc2ccccc2)[N+](=O)[O-])cc1. The zero-order valence-corrected chi connectivity index (χ0v) is 11.6. The minimum atomic E-state index is -0.479. The van der Waals surface area contributed by atoms with Crippen LogP contribution in [0.15, 0.2) is 71.5 Å². The average Bonchev–Trinajstić information content (AvgIpc) is 2.49. The maximum Gasteiger partial charge on any atom is 0.303 e. The molecule has 0 radical (unpaired) electrons. The highest BCUT2D eigenvalue weighted by Gasteiger charge is 2.06. The molecule has 0 bridgehead atoms. The van der Waals surface area contributed by atoms with Gasteiger partial charge in [0, 0.05) is 5.69 Å². The zero-order valence-electron chi connectivity index (χ0n) is 11.6. The van der Waals surface area contributed by atoms with E-state index in [2.05, 4.69) is 10.3 Å². The second kappa shape index (κ2) is 7.00. The molecule has 0 heterocycles. The Morgan fingerprint density at radius 1 is 1.14 bits per heavy atom. The van der Waals surface area contributed by atoms with E-state index >= 15 is 0 Å². The molecule has 0 spiro atoms. The lowest BCUT2D eigenvalue weighted by Crippen LogP contribution is -2.03. The first-order chi connectivity index (χ1) is 10.1. The van der Waals surface area contributed by atoms with E-state index in [1.165, 1.54) is 12.4 Å². The lowest BCUT2D eigenvalue weighted by Gasteiger charge is -1.99. The molecule has 0 unspecified atom stereocenters. The van der Waals surface area contributed by atoms with Crippen molar-refractivity contribution in [3.63, 3.8) is 0 Å². The van der Waals surface area contributed by atoms with Gasteiger partial charge < -0.3 is 5.32 Å². The first-order valence-electron chi connectivity index (χ1n) is 6.42. The van der Waals surface area contributed by atoms with Crippen molar-refractivity contribution >= 4 is 17.6 Å². The summed E-state index contributed by atoms with van der Waals surface area (Å²) < 4.78 is 0. The fourth-order valence-electron chi connectivity index (χ4n) is 1.60. The molecule has 0 amide bonds. The van der Waals surface area contributed by atoms with Gasteiger partial charge in [0.15, 0.2) is 0 Å². The molecule has 2 rings (SSSR count). The summed E-state index contributed by atoms with van der Waals surface area (Å²) >= 11 is 0. The molecule has 2 aromatic carbocycles. The monoisotopic (exact) mass is 281 g/mol. The van der Waals surface area contributed by atoms with E-state index in [1.54, 1.807) is 0 Å². The Morgan fingerprint density at radius 3 is 2.43 bits per heavy atom.